The van der Waals surface area contributed by atoms with Gasteiger partial charge >= 0.3 is 0 Å². The Morgan fingerprint density at radius 1 is 1.38 bits per heavy atom. The summed E-state index contributed by atoms with van der Waals surface area (Å²) in [5.41, 5.74) is 2.28. The summed E-state index contributed by atoms with van der Waals surface area (Å²) in [5.74, 6) is 0.523. The lowest BCUT2D eigenvalue weighted by Gasteiger charge is -2.05. The zero-order valence-corrected chi connectivity index (χ0v) is 15.1. The normalized spacial score (nSPS) is 12.1. The molecule has 3 rings (SSSR count). The predicted octanol–water partition coefficient (Wildman–Crippen LogP) is 2.90. The lowest BCUT2D eigenvalue weighted by atomic mass is 10.3. The standard InChI is InChI=1S/C17H20N4O2S/c1-5-21-12(10-11(3)19-21)16(22)18-17-20(4)15-13(23-6-2)8-7-9-14(15)24-17/h7-10H,5-6H2,1-4H3. The monoisotopic (exact) mass is 344 g/mol. The van der Waals surface area contributed by atoms with E-state index in [4.69, 9.17) is 4.74 Å². The minimum Gasteiger partial charge on any atom is -0.492 e. The van der Waals surface area contributed by atoms with Gasteiger partial charge in [-0.25, -0.2) is 0 Å². The number of thiazole rings is 1. The SMILES string of the molecule is CCOc1cccc2sc(=NC(=O)c3cc(C)nn3CC)n(C)c12. The van der Waals surface area contributed by atoms with E-state index in [-0.39, 0.29) is 5.91 Å². The Bertz CT molecular complexity index is 965. The second kappa shape index (κ2) is 6.60. The average molecular weight is 344 g/mol. The zero-order valence-electron chi connectivity index (χ0n) is 14.2. The highest BCUT2D eigenvalue weighted by atomic mass is 32.1. The summed E-state index contributed by atoms with van der Waals surface area (Å²) in [6, 6.07) is 7.66. The Morgan fingerprint density at radius 3 is 2.88 bits per heavy atom. The summed E-state index contributed by atoms with van der Waals surface area (Å²) in [6.45, 7) is 7.01. The fourth-order valence-corrected chi connectivity index (χ4v) is 3.68. The van der Waals surface area contributed by atoms with E-state index in [1.54, 1.807) is 10.7 Å². The molecule has 126 valence electrons. The summed E-state index contributed by atoms with van der Waals surface area (Å²) >= 11 is 1.47. The van der Waals surface area contributed by atoms with Crippen LogP contribution in [0.2, 0.25) is 0 Å². The third kappa shape index (κ3) is 2.87. The van der Waals surface area contributed by atoms with Gasteiger partial charge in [0.25, 0.3) is 5.91 Å². The number of rotatable bonds is 4. The van der Waals surface area contributed by atoms with Crippen molar-refractivity contribution in [2.75, 3.05) is 6.61 Å². The molecule has 0 unspecified atom stereocenters. The number of amides is 1. The molecule has 7 heteroatoms. The molecule has 0 bridgehead atoms. The van der Waals surface area contributed by atoms with E-state index in [2.05, 4.69) is 10.1 Å². The highest BCUT2D eigenvalue weighted by molar-refractivity contribution is 7.16. The summed E-state index contributed by atoms with van der Waals surface area (Å²) < 4.78 is 10.3. The molecule has 0 atom stereocenters. The Kier molecular flexibility index (Phi) is 4.53. The van der Waals surface area contributed by atoms with Crippen molar-refractivity contribution in [1.29, 1.82) is 0 Å². The number of nitrogens with zero attached hydrogens (tertiary/aromatic N) is 4. The van der Waals surface area contributed by atoms with E-state index < -0.39 is 0 Å². The molecule has 1 aromatic carbocycles. The number of hydrogen-bond acceptors (Lipinski definition) is 4. The highest BCUT2D eigenvalue weighted by Crippen LogP contribution is 2.26. The van der Waals surface area contributed by atoms with Crippen LogP contribution in [-0.2, 0) is 13.6 Å². The second-order valence-corrected chi connectivity index (χ2v) is 6.39. The first-order valence-electron chi connectivity index (χ1n) is 7.90. The fourth-order valence-electron chi connectivity index (χ4n) is 2.65. The van der Waals surface area contributed by atoms with E-state index in [0.717, 1.165) is 21.7 Å². The van der Waals surface area contributed by atoms with Crippen LogP contribution in [0.15, 0.2) is 29.3 Å². The molecule has 0 radical (unpaired) electrons. The van der Waals surface area contributed by atoms with Crippen LogP contribution >= 0.6 is 11.3 Å². The minimum absolute atomic E-state index is 0.280. The first-order chi connectivity index (χ1) is 11.5. The van der Waals surface area contributed by atoms with Crippen LogP contribution in [0.3, 0.4) is 0 Å². The Morgan fingerprint density at radius 2 is 2.17 bits per heavy atom. The van der Waals surface area contributed by atoms with Gasteiger partial charge < -0.3 is 9.30 Å². The molecule has 0 N–H and O–H groups in total. The number of carbonyl (C=O) groups is 1. The molecule has 1 amide bonds. The van der Waals surface area contributed by atoms with Crippen molar-refractivity contribution < 1.29 is 9.53 Å². The number of hydrogen-bond donors (Lipinski definition) is 0. The maximum atomic E-state index is 12.6. The number of carbonyl (C=O) groups excluding carboxylic acids is 1. The van der Waals surface area contributed by atoms with Gasteiger partial charge in [0.05, 0.1) is 17.0 Å². The van der Waals surface area contributed by atoms with E-state index >= 15 is 0 Å². The highest BCUT2D eigenvalue weighted by Gasteiger charge is 2.14. The lowest BCUT2D eigenvalue weighted by molar-refractivity contribution is 0.0987. The summed E-state index contributed by atoms with van der Waals surface area (Å²) in [4.78, 5) is 17.5. The molecule has 0 spiro atoms. The average Bonchev–Trinajstić information content (AvgIpc) is 3.09. The predicted molar refractivity (Wildman–Crippen MR) is 94.5 cm³/mol. The molecule has 2 heterocycles. The van der Waals surface area contributed by atoms with Gasteiger partial charge in [-0.05, 0) is 39.0 Å². The van der Waals surface area contributed by atoms with E-state index in [9.17, 15) is 4.79 Å². The lowest BCUT2D eigenvalue weighted by Crippen LogP contribution is -2.16. The molecule has 0 saturated carbocycles. The van der Waals surface area contributed by atoms with Crippen LogP contribution in [-0.4, -0.2) is 26.9 Å². The molecular formula is C17H20N4O2S. The van der Waals surface area contributed by atoms with Crippen LogP contribution < -0.4 is 9.54 Å². The van der Waals surface area contributed by atoms with Crippen molar-refractivity contribution in [1.82, 2.24) is 14.3 Å². The van der Waals surface area contributed by atoms with Crippen LogP contribution in [0.4, 0.5) is 0 Å². The largest absolute Gasteiger partial charge is 0.492 e. The second-order valence-electron chi connectivity index (χ2n) is 5.38. The molecular weight excluding hydrogens is 324 g/mol. The first-order valence-corrected chi connectivity index (χ1v) is 8.71. The quantitative estimate of drug-likeness (QED) is 0.731. The maximum absolute atomic E-state index is 12.6. The van der Waals surface area contributed by atoms with Gasteiger partial charge in [-0.3, -0.25) is 9.48 Å². The van der Waals surface area contributed by atoms with Gasteiger partial charge in [0.2, 0.25) is 0 Å². The number of aromatic nitrogens is 3. The smallest absolute Gasteiger partial charge is 0.297 e. The third-order valence-electron chi connectivity index (χ3n) is 3.70. The van der Waals surface area contributed by atoms with Crippen LogP contribution in [0.5, 0.6) is 5.75 Å². The Balaban J connectivity index is 2.12. The van der Waals surface area contributed by atoms with Crippen molar-refractivity contribution in [3.05, 3.63) is 40.5 Å². The topological polar surface area (TPSA) is 61.4 Å². The molecule has 2 aromatic heterocycles. The van der Waals surface area contributed by atoms with Gasteiger partial charge in [0.1, 0.15) is 17.0 Å². The molecule has 24 heavy (non-hydrogen) atoms. The van der Waals surface area contributed by atoms with E-state index in [1.807, 2.05) is 50.6 Å². The minimum atomic E-state index is -0.280. The summed E-state index contributed by atoms with van der Waals surface area (Å²) in [6.07, 6.45) is 0. The molecule has 0 aliphatic rings. The summed E-state index contributed by atoms with van der Waals surface area (Å²) in [5, 5.41) is 4.31. The van der Waals surface area contributed by atoms with Crippen LogP contribution in [0.25, 0.3) is 10.2 Å². The number of benzene rings is 1. The van der Waals surface area contributed by atoms with Crippen molar-refractivity contribution in [3.8, 4) is 5.75 Å². The van der Waals surface area contributed by atoms with Gasteiger partial charge in [-0.15, -0.1) is 0 Å². The summed E-state index contributed by atoms with van der Waals surface area (Å²) in [7, 11) is 1.90. The van der Waals surface area contributed by atoms with Gasteiger partial charge in [0, 0.05) is 13.6 Å². The molecule has 6 nitrogen and oxygen atoms in total. The first kappa shape index (κ1) is 16.4. The van der Waals surface area contributed by atoms with E-state index in [0.29, 0.717) is 23.6 Å². The Hall–Kier alpha value is -2.41. The molecule has 0 fully saturated rings. The molecule has 3 aromatic rings. The molecule has 0 aliphatic heterocycles. The number of ether oxygens (including phenoxy) is 1. The van der Waals surface area contributed by atoms with E-state index in [1.165, 1.54) is 11.3 Å². The van der Waals surface area contributed by atoms with Crippen LogP contribution in [0, 0.1) is 6.92 Å². The number of aryl methyl sites for hydroxylation is 3. The number of para-hydroxylation sites is 1. The maximum Gasteiger partial charge on any atom is 0.297 e. The van der Waals surface area contributed by atoms with Crippen molar-refractivity contribution >= 4 is 27.5 Å². The van der Waals surface area contributed by atoms with Crippen LogP contribution in [0.1, 0.15) is 30.0 Å². The van der Waals surface area contributed by atoms with Crippen molar-refractivity contribution in [2.24, 2.45) is 12.0 Å². The number of fused-ring (bicyclic) bond motifs is 1. The third-order valence-corrected chi connectivity index (χ3v) is 4.80. The van der Waals surface area contributed by atoms with Gasteiger partial charge in [0.15, 0.2) is 4.80 Å². The Labute approximate surface area is 144 Å². The molecule has 0 saturated heterocycles. The molecule has 0 aliphatic carbocycles. The van der Waals surface area contributed by atoms with Gasteiger partial charge in [-0.1, -0.05) is 17.4 Å². The van der Waals surface area contributed by atoms with Crippen molar-refractivity contribution in [2.45, 2.75) is 27.3 Å². The zero-order chi connectivity index (χ0) is 17.3. The fraction of sp³-hybridized carbons (Fsp3) is 0.353. The van der Waals surface area contributed by atoms with Crippen molar-refractivity contribution in [3.63, 3.8) is 0 Å². The van der Waals surface area contributed by atoms with Gasteiger partial charge in [-0.2, -0.15) is 10.1 Å².